The summed E-state index contributed by atoms with van der Waals surface area (Å²) in [7, 11) is 0. The Bertz CT molecular complexity index is 798. The van der Waals surface area contributed by atoms with Crippen molar-refractivity contribution in [3.8, 4) is 11.5 Å². The van der Waals surface area contributed by atoms with Crippen molar-refractivity contribution < 1.29 is 13.7 Å². The van der Waals surface area contributed by atoms with Crippen molar-refractivity contribution in [2.75, 3.05) is 6.54 Å². The molecule has 0 radical (unpaired) electrons. The average molecular weight is 310 g/mol. The van der Waals surface area contributed by atoms with Gasteiger partial charge in [0.2, 0.25) is 11.7 Å². The predicted molar refractivity (Wildman–Crippen MR) is 79.2 cm³/mol. The molecule has 4 heterocycles. The smallest absolute Gasteiger partial charge is 0.257 e. The van der Waals surface area contributed by atoms with E-state index in [1.165, 1.54) is 12.5 Å². The van der Waals surface area contributed by atoms with Crippen LogP contribution in [0.5, 0.6) is 0 Å². The topological polar surface area (TPSA) is 85.3 Å². The molecule has 116 valence electrons. The highest BCUT2D eigenvalue weighted by Crippen LogP contribution is 2.33. The van der Waals surface area contributed by atoms with Gasteiger partial charge in [-0.05, 0) is 31.0 Å². The van der Waals surface area contributed by atoms with Crippen molar-refractivity contribution in [2.45, 2.75) is 18.9 Å². The second-order valence-electron chi connectivity index (χ2n) is 5.34. The first kappa shape index (κ1) is 13.7. The zero-order valence-electron chi connectivity index (χ0n) is 12.3. The molecular formula is C16H14N4O3. The van der Waals surface area contributed by atoms with Crippen LogP contribution in [-0.4, -0.2) is 32.5 Å². The van der Waals surface area contributed by atoms with Gasteiger partial charge in [0, 0.05) is 12.7 Å². The molecule has 3 aromatic rings. The molecule has 0 aromatic carbocycles. The number of rotatable bonds is 3. The summed E-state index contributed by atoms with van der Waals surface area (Å²) in [6, 6.07) is 6.96. The highest BCUT2D eigenvalue weighted by Gasteiger charge is 2.35. The van der Waals surface area contributed by atoms with E-state index in [1.807, 2.05) is 18.2 Å². The van der Waals surface area contributed by atoms with Gasteiger partial charge in [-0.15, -0.1) is 0 Å². The molecule has 0 aliphatic carbocycles. The van der Waals surface area contributed by atoms with Crippen LogP contribution >= 0.6 is 0 Å². The van der Waals surface area contributed by atoms with E-state index in [0.29, 0.717) is 29.5 Å². The Morgan fingerprint density at radius 3 is 3.04 bits per heavy atom. The van der Waals surface area contributed by atoms with Gasteiger partial charge < -0.3 is 13.8 Å². The molecule has 0 saturated carbocycles. The minimum atomic E-state index is -0.206. The fourth-order valence-corrected chi connectivity index (χ4v) is 2.79. The van der Waals surface area contributed by atoms with Crippen molar-refractivity contribution in [2.24, 2.45) is 0 Å². The molecular weight excluding hydrogens is 296 g/mol. The Morgan fingerprint density at radius 2 is 2.26 bits per heavy atom. The van der Waals surface area contributed by atoms with E-state index in [0.717, 1.165) is 12.8 Å². The van der Waals surface area contributed by atoms with Crippen LogP contribution in [0.2, 0.25) is 0 Å². The molecule has 1 fully saturated rings. The van der Waals surface area contributed by atoms with Crippen molar-refractivity contribution in [3.05, 3.63) is 54.4 Å². The third-order valence-electron chi connectivity index (χ3n) is 3.90. The monoisotopic (exact) mass is 310 g/mol. The van der Waals surface area contributed by atoms with Gasteiger partial charge in [0.1, 0.15) is 18.0 Å². The Balaban J connectivity index is 1.60. The van der Waals surface area contributed by atoms with Crippen LogP contribution in [-0.2, 0) is 0 Å². The minimum Gasteiger partial charge on any atom is -0.472 e. The zero-order chi connectivity index (χ0) is 15.6. The van der Waals surface area contributed by atoms with Crippen LogP contribution in [0.1, 0.15) is 35.1 Å². The number of carbonyl (C=O) groups is 1. The summed E-state index contributed by atoms with van der Waals surface area (Å²) < 4.78 is 10.4. The van der Waals surface area contributed by atoms with E-state index in [-0.39, 0.29) is 11.9 Å². The van der Waals surface area contributed by atoms with Crippen molar-refractivity contribution in [1.29, 1.82) is 0 Å². The lowest BCUT2D eigenvalue weighted by atomic mass is 10.2. The predicted octanol–water partition coefficient (Wildman–Crippen LogP) is 2.70. The standard InChI is InChI=1S/C16H14N4O3/c21-16(11-6-9-22-10-11)20-8-3-5-13(20)15-18-14(19-23-15)12-4-1-2-7-17-12/h1-2,4,6-7,9-10,13H,3,5,8H2. The summed E-state index contributed by atoms with van der Waals surface area (Å²) in [6.45, 7) is 0.663. The van der Waals surface area contributed by atoms with Gasteiger partial charge in [-0.2, -0.15) is 4.98 Å². The summed E-state index contributed by atoms with van der Waals surface area (Å²) in [5, 5.41) is 3.98. The van der Waals surface area contributed by atoms with Crippen LogP contribution in [0.4, 0.5) is 0 Å². The molecule has 0 N–H and O–H groups in total. The summed E-state index contributed by atoms with van der Waals surface area (Å²) in [6.07, 6.45) is 6.31. The number of aromatic nitrogens is 3. The number of pyridine rings is 1. The van der Waals surface area contributed by atoms with Gasteiger partial charge in [-0.25, -0.2) is 0 Å². The van der Waals surface area contributed by atoms with Crippen LogP contribution in [0.3, 0.4) is 0 Å². The largest absolute Gasteiger partial charge is 0.472 e. The lowest BCUT2D eigenvalue weighted by Gasteiger charge is -2.20. The molecule has 23 heavy (non-hydrogen) atoms. The molecule has 1 aliphatic heterocycles. The minimum absolute atomic E-state index is 0.0844. The number of carbonyl (C=O) groups excluding carboxylic acids is 1. The summed E-state index contributed by atoms with van der Waals surface area (Å²) in [5.41, 5.74) is 1.18. The van der Waals surface area contributed by atoms with E-state index in [4.69, 9.17) is 8.94 Å². The Kier molecular flexibility index (Phi) is 3.38. The molecule has 3 aromatic heterocycles. The maximum absolute atomic E-state index is 12.5. The van der Waals surface area contributed by atoms with E-state index in [9.17, 15) is 4.79 Å². The Morgan fingerprint density at radius 1 is 1.30 bits per heavy atom. The SMILES string of the molecule is O=C(c1ccoc1)N1CCCC1c1nc(-c2ccccn2)no1. The number of hydrogen-bond donors (Lipinski definition) is 0. The summed E-state index contributed by atoms with van der Waals surface area (Å²) in [4.78, 5) is 22.9. The van der Waals surface area contributed by atoms with Gasteiger partial charge in [-0.1, -0.05) is 11.2 Å². The van der Waals surface area contributed by atoms with Crippen LogP contribution in [0.25, 0.3) is 11.5 Å². The second kappa shape index (κ2) is 5.68. The maximum Gasteiger partial charge on any atom is 0.257 e. The lowest BCUT2D eigenvalue weighted by molar-refractivity contribution is 0.0709. The first-order chi connectivity index (χ1) is 11.3. The highest BCUT2D eigenvalue weighted by molar-refractivity contribution is 5.94. The van der Waals surface area contributed by atoms with Crippen LogP contribution < -0.4 is 0 Å². The number of hydrogen-bond acceptors (Lipinski definition) is 6. The summed E-state index contributed by atoms with van der Waals surface area (Å²) in [5.74, 6) is 0.794. The van der Waals surface area contributed by atoms with E-state index < -0.39 is 0 Å². The Labute approximate surface area is 131 Å². The van der Waals surface area contributed by atoms with Gasteiger partial charge in [-0.3, -0.25) is 9.78 Å². The van der Waals surface area contributed by atoms with E-state index in [2.05, 4.69) is 15.1 Å². The fraction of sp³-hybridized carbons (Fsp3) is 0.250. The highest BCUT2D eigenvalue weighted by atomic mass is 16.5. The van der Waals surface area contributed by atoms with Gasteiger partial charge in [0.05, 0.1) is 11.8 Å². The van der Waals surface area contributed by atoms with E-state index >= 15 is 0 Å². The number of furan rings is 1. The average Bonchev–Trinajstić information content (AvgIpc) is 3.35. The van der Waals surface area contributed by atoms with Crippen molar-refractivity contribution >= 4 is 5.91 Å². The molecule has 4 rings (SSSR count). The van der Waals surface area contributed by atoms with E-state index in [1.54, 1.807) is 17.2 Å². The quantitative estimate of drug-likeness (QED) is 0.739. The molecule has 1 unspecified atom stereocenters. The molecule has 1 atom stereocenters. The fourth-order valence-electron chi connectivity index (χ4n) is 2.79. The molecule has 7 nitrogen and oxygen atoms in total. The number of likely N-dealkylation sites (tertiary alicyclic amines) is 1. The third-order valence-corrected chi connectivity index (χ3v) is 3.90. The van der Waals surface area contributed by atoms with Gasteiger partial charge in [0.25, 0.3) is 5.91 Å². The molecule has 0 spiro atoms. The molecule has 1 aliphatic rings. The van der Waals surface area contributed by atoms with Gasteiger partial charge in [0.15, 0.2) is 0 Å². The van der Waals surface area contributed by atoms with Gasteiger partial charge >= 0.3 is 0 Å². The Hall–Kier alpha value is -2.96. The lowest BCUT2D eigenvalue weighted by Crippen LogP contribution is -2.30. The maximum atomic E-state index is 12.5. The van der Waals surface area contributed by atoms with Crippen LogP contribution in [0.15, 0.2) is 51.9 Å². The molecule has 7 heteroatoms. The normalized spacial score (nSPS) is 17.6. The first-order valence-corrected chi connectivity index (χ1v) is 7.41. The first-order valence-electron chi connectivity index (χ1n) is 7.41. The molecule has 0 bridgehead atoms. The number of nitrogens with zero attached hydrogens (tertiary/aromatic N) is 4. The van der Waals surface area contributed by atoms with Crippen molar-refractivity contribution in [3.63, 3.8) is 0 Å². The summed E-state index contributed by atoms with van der Waals surface area (Å²) >= 11 is 0. The molecule has 1 saturated heterocycles. The zero-order valence-corrected chi connectivity index (χ0v) is 12.3. The van der Waals surface area contributed by atoms with Crippen LogP contribution in [0, 0.1) is 0 Å². The third kappa shape index (κ3) is 2.50. The second-order valence-corrected chi connectivity index (χ2v) is 5.34. The van der Waals surface area contributed by atoms with Crippen molar-refractivity contribution in [1.82, 2.24) is 20.0 Å². The number of amides is 1. The molecule has 1 amide bonds.